The fraction of sp³-hybridized carbons (Fsp3) is 0.375. The maximum absolute atomic E-state index is 9.13. The van der Waals surface area contributed by atoms with Gasteiger partial charge in [-0.05, 0) is 30.9 Å². The molecular formula is C16H18N6. The van der Waals surface area contributed by atoms with Crippen molar-refractivity contribution in [1.29, 1.82) is 5.26 Å². The van der Waals surface area contributed by atoms with Gasteiger partial charge in [0.15, 0.2) is 5.82 Å². The minimum absolute atomic E-state index is 0.578. The van der Waals surface area contributed by atoms with Crippen molar-refractivity contribution >= 4 is 17.5 Å². The molecule has 0 radical (unpaired) electrons. The van der Waals surface area contributed by atoms with Gasteiger partial charge in [0, 0.05) is 13.1 Å². The number of nitriles is 1. The van der Waals surface area contributed by atoms with Crippen LogP contribution in [-0.2, 0) is 0 Å². The second-order valence-corrected chi connectivity index (χ2v) is 5.59. The Morgan fingerprint density at radius 2 is 2.05 bits per heavy atom. The topological polar surface area (TPSA) is 77.7 Å². The molecule has 6 heteroatoms. The zero-order valence-electron chi connectivity index (χ0n) is 12.5. The van der Waals surface area contributed by atoms with Gasteiger partial charge in [-0.2, -0.15) is 15.3 Å². The van der Waals surface area contributed by atoms with E-state index in [9.17, 15) is 0 Å². The summed E-state index contributed by atoms with van der Waals surface area (Å²) in [6.45, 7) is 4.19. The second kappa shape index (κ2) is 6.39. The summed E-state index contributed by atoms with van der Waals surface area (Å²) in [6, 6.07) is 9.50. The van der Waals surface area contributed by atoms with Crippen LogP contribution in [0.15, 0.2) is 30.5 Å². The van der Waals surface area contributed by atoms with Crippen molar-refractivity contribution in [2.45, 2.75) is 19.8 Å². The number of nitrogens with one attached hydrogen (secondary N) is 1. The fourth-order valence-corrected chi connectivity index (χ4v) is 2.52. The first-order chi connectivity index (χ1) is 10.8. The van der Waals surface area contributed by atoms with E-state index in [1.165, 1.54) is 0 Å². The molecule has 6 nitrogen and oxygen atoms in total. The lowest BCUT2D eigenvalue weighted by molar-refractivity contribution is 0.433. The van der Waals surface area contributed by atoms with Crippen LogP contribution in [0.1, 0.15) is 25.3 Å². The standard InChI is InChI=1S/C16H18N6/c1-12-6-8-22(9-7-12)16-20-15(11-18-21-16)19-14-5-3-2-4-13(14)10-17/h2-5,11-12H,6-9H2,1H3,(H,19,20,21). The Morgan fingerprint density at radius 3 is 2.82 bits per heavy atom. The van der Waals surface area contributed by atoms with Crippen LogP contribution in [0.5, 0.6) is 0 Å². The Labute approximate surface area is 129 Å². The van der Waals surface area contributed by atoms with E-state index in [0.717, 1.165) is 37.5 Å². The molecule has 2 heterocycles. The highest BCUT2D eigenvalue weighted by Crippen LogP contribution is 2.22. The van der Waals surface area contributed by atoms with Gasteiger partial charge in [0.1, 0.15) is 6.07 Å². The minimum Gasteiger partial charge on any atom is -0.339 e. The van der Waals surface area contributed by atoms with Crippen molar-refractivity contribution in [3.05, 3.63) is 36.0 Å². The third-order valence-corrected chi connectivity index (χ3v) is 3.92. The van der Waals surface area contributed by atoms with Crippen LogP contribution in [-0.4, -0.2) is 28.3 Å². The predicted molar refractivity (Wildman–Crippen MR) is 84.9 cm³/mol. The second-order valence-electron chi connectivity index (χ2n) is 5.59. The number of hydrogen-bond acceptors (Lipinski definition) is 6. The molecule has 1 aliphatic heterocycles. The van der Waals surface area contributed by atoms with Crippen molar-refractivity contribution in [2.24, 2.45) is 5.92 Å². The van der Waals surface area contributed by atoms with E-state index in [1.54, 1.807) is 12.3 Å². The number of para-hydroxylation sites is 1. The fourth-order valence-electron chi connectivity index (χ4n) is 2.52. The minimum atomic E-state index is 0.578. The molecule has 0 atom stereocenters. The summed E-state index contributed by atoms with van der Waals surface area (Å²) in [5.74, 6) is 2.01. The largest absolute Gasteiger partial charge is 0.339 e. The number of rotatable bonds is 3. The van der Waals surface area contributed by atoms with Crippen LogP contribution >= 0.6 is 0 Å². The summed E-state index contributed by atoms with van der Waals surface area (Å²) in [5.41, 5.74) is 1.30. The molecule has 1 aliphatic rings. The number of hydrogen-bond donors (Lipinski definition) is 1. The van der Waals surface area contributed by atoms with Gasteiger partial charge in [-0.15, -0.1) is 5.10 Å². The number of nitrogens with zero attached hydrogens (tertiary/aromatic N) is 5. The lowest BCUT2D eigenvalue weighted by Crippen LogP contribution is -2.34. The smallest absolute Gasteiger partial charge is 0.247 e. The summed E-state index contributed by atoms with van der Waals surface area (Å²) >= 11 is 0. The quantitative estimate of drug-likeness (QED) is 0.937. The molecule has 3 rings (SSSR count). The van der Waals surface area contributed by atoms with Crippen LogP contribution in [0.2, 0.25) is 0 Å². The van der Waals surface area contributed by atoms with Gasteiger partial charge in [0.05, 0.1) is 17.4 Å². The highest BCUT2D eigenvalue weighted by Gasteiger charge is 2.18. The van der Waals surface area contributed by atoms with Crippen LogP contribution in [0.25, 0.3) is 0 Å². The summed E-state index contributed by atoms with van der Waals surface area (Å²) in [4.78, 5) is 6.69. The highest BCUT2D eigenvalue weighted by atomic mass is 15.3. The Bertz CT molecular complexity index is 685. The number of anilines is 3. The highest BCUT2D eigenvalue weighted by molar-refractivity contribution is 5.64. The van der Waals surface area contributed by atoms with Crippen molar-refractivity contribution in [1.82, 2.24) is 15.2 Å². The molecular weight excluding hydrogens is 276 g/mol. The van der Waals surface area contributed by atoms with E-state index in [0.29, 0.717) is 17.3 Å². The van der Waals surface area contributed by atoms with Gasteiger partial charge in [-0.3, -0.25) is 0 Å². The van der Waals surface area contributed by atoms with Crippen LogP contribution < -0.4 is 10.2 Å². The molecule has 112 valence electrons. The van der Waals surface area contributed by atoms with Gasteiger partial charge >= 0.3 is 0 Å². The Morgan fingerprint density at radius 1 is 1.27 bits per heavy atom. The van der Waals surface area contributed by atoms with E-state index >= 15 is 0 Å². The van der Waals surface area contributed by atoms with Gasteiger partial charge in [-0.25, -0.2) is 0 Å². The Hall–Kier alpha value is -2.68. The average molecular weight is 294 g/mol. The number of aromatic nitrogens is 3. The van der Waals surface area contributed by atoms with Crippen LogP contribution in [0.3, 0.4) is 0 Å². The summed E-state index contributed by atoms with van der Waals surface area (Å²) in [5, 5.41) is 20.4. The molecule has 0 aliphatic carbocycles. The van der Waals surface area contributed by atoms with Crippen LogP contribution in [0.4, 0.5) is 17.5 Å². The van der Waals surface area contributed by atoms with E-state index < -0.39 is 0 Å². The molecule has 1 aromatic heterocycles. The van der Waals surface area contributed by atoms with E-state index in [1.807, 2.05) is 18.2 Å². The van der Waals surface area contributed by atoms with Crippen LogP contribution in [0, 0.1) is 17.2 Å². The summed E-state index contributed by atoms with van der Waals surface area (Å²) in [6.07, 6.45) is 3.88. The third-order valence-electron chi connectivity index (χ3n) is 3.92. The van der Waals surface area contributed by atoms with Crippen molar-refractivity contribution < 1.29 is 0 Å². The van der Waals surface area contributed by atoms with Crippen molar-refractivity contribution in [3.63, 3.8) is 0 Å². The zero-order chi connectivity index (χ0) is 15.4. The summed E-state index contributed by atoms with van der Waals surface area (Å²) < 4.78 is 0. The molecule has 0 bridgehead atoms. The molecule has 0 unspecified atom stereocenters. The first-order valence-corrected chi connectivity index (χ1v) is 7.47. The maximum atomic E-state index is 9.13. The molecule has 1 aromatic carbocycles. The molecule has 0 amide bonds. The third kappa shape index (κ3) is 3.14. The average Bonchev–Trinajstić information content (AvgIpc) is 2.56. The Balaban J connectivity index is 1.78. The van der Waals surface area contributed by atoms with Gasteiger partial charge in [0.25, 0.3) is 0 Å². The Kier molecular flexibility index (Phi) is 4.15. The van der Waals surface area contributed by atoms with E-state index in [4.69, 9.17) is 5.26 Å². The van der Waals surface area contributed by atoms with E-state index in [2.05, 4.69) is 38.4 Å². The van der Waals surface area contributed by atoms with Crippen molar-refractivity contribution in [3.8, 4) is 6.07 Å². The maximum Gasteiger partial charge on any atom is 0.247 e. The molecule has 1 fully saturated rings. The molecule has 0 spiro atoms. The molecule has 2 aromatic rings. The SMILES string of the molecule is CC1CCN(c2nncc(Nc3ccccc3C#N)n2)CC1. The number of piperidine rings is 1. The van der Waals surface area contributed by atoms with Gasteiger partial charge < -0.3 is 10.2 Å². The first-order valence-electron chi connectivity index (χ1n) is 7.47. The molecule has 1 N–H and O–H groups in total. The molecule has 0 saturated carbocycles. The molecule has 22 heavy (non-hydrogen) atoms. The first kappa shape index (κ1) is 14.3. The zero-order valence-corrected chi connectivity index (χ0v) is 12.5. The monoisotopic (exact) mass is 294 g/mol. The van der Waals surface area contributed by atoms with Gasteiger partial charge in [0.2, 0.25) is 5.95 Å². The predicted octanol–water partition coefficient (Wildman–Crippen LogP) is 2.72. The number of benzene rings is 1. The molecule has 1 saturated heterocycles. The summed E-state index contributed by atoms with van der Waals surface area (Å²) in [7, 11) is 0. The van der Waals surface area contributed by atoms with Crippen molar-refractivity contribution in [2.75, 3.05) is 23.3 Å². The van der Waals surface area contributed by atoms with Gasteiger partial charge in [-0.1, -0.05) is 19.1 Å². The lowest BCUT2D eigenvalue weighted by Gasteiger charge is -2.29. The van der Waals surface area contributed by atoms with E-state index in [-0.39, 0.29) is 0 Å². The lowest BCUT2D eigenvalue weighted by atomic mass is 10.00. The normalized spacial score (nSPS) is 15.4.